The lowest BCUT2D eigenvalue weighted by Crippen LogP contribution is -2.37. The fourth-order valence-electron chi connectivity index (χ4n) is 3.68. The van der Waals surface area contributed by atoms with Crippen LogP contribution in [0.3, 0.4) is 0 Å². The molecule has 1 heterocycles. The molecule has 29 heavy (non-hydrogen) atoms. The fourth-order valence-corrected chi connectivity index (χ4v) is 3.68. The summed E-state index contributed by atoms with van der Waals surface area (Å²) in [6, 6.07) is 39.7. The van der Waals surface area contributed by atoms with Crippen LogP contribution in [0, 0.1) is 0 Å². The van der Waals surface area contributed by atoms with E-state index in [9.17, 15) is 0 Å². The highest BCUT2D eigenvalue weighted by atomic mass is 15.5. The number of amidine groups is 1. The predicted molar refractivity (Wildman–Crippen MR) is 121 cm³/mol. The molecule has 0 N–H and O–H groups in total. The summed E-state index contributed by atoms with van der Waals surface area (Å²) in [5, 5.41) is 7.16. The number of hydrogen-bond acceptors (Lipinski definition) is 3. The molecular weight excluding hydrogens is 354 g/mol. The molecule has 5 rings (SSSR count). The molecule has 3 heteroatoms. The Balaban J connectivity index is 1.68. The van der Waals surface area contributed by atoms with Crippen molar-refractivity contribution in [3.05, 3.63) is 126 Å². The van der Waals surface area contributed by atoms with Crippen LogP contribution in [0.25, 0.3) is 0 Å². The summed E-state index contributed by atoms with van der Waals surface area (Å²) in [4.78, 5) is 2.30. The standard InChI is InChI=1S/C26H21N3/c1-4-12-21(13-5-1)20-28-24-18-10-11-19-25(24)29(23-16-8-3-9-17-23)27-26(28)22-14-6-2-7-15-22/h1-19H,20H2. The van der Waals surface area contributed by atoms with Crippen LogP contribution >= 0.6 is 0 Å². The van der Waals surface area contributed by atoms with Gasteiger partial charge in [-0.25, -0.2) is 5.01 Å². The van der Waals surface area contributed by atoms with Crippen molar-refractivity contribution in [3.63, 3.8) is 0 Å². The van der Waals surface area contributed by atoms with Gasteiger partial charge in [0, 0.05) is 12.1 Å². The van der Waals surface area contributed by atoms with Gasteiger partial charge in [0.1, 0.15) is 0 Å². The third-order valence-corrected chi connectivity index (χ3v) is 5.07. The smallest absolute Gasteiger partial charge is 0.161 e. The molecule has 0 spiro atoms. The molecule has 0 fully saturated rings. The zero-order valence-corrected chi connectivity index (χ0v) is 16.0. The summed E-state index contributed by atoms with van der Waals surface area (Å²) in [6.07, 6.45) is 0. The first-order valence-electron chi connectivity index (χ1n) is 9.80. The maximum Gasteiger partial charge on any atom is 0.161 e. The molecule has 3 nitrogen and oxygen atoms in total. The first-order valence-corrected chi connectivity index (χ1v) is 9.80. The van der Waals surface area contributed by atoms with Gasteiger partial charge in [0.05, 0.1) is 17.1 Å². The van der Waals surface area contributed by atoms with Crippen LogP contribution in [0.1, 0.15) is 11.1 Å². The van der Waals surface area contributed by atoms with Gasteiger partial charge in [0.2, 0.25) is 0 Å². The summed E-state index contributed by atoms with van der Waals surface area (Å²) < 4.78 is 0. The van der Waals surface area contributed by atoms with Crippen LogP contribution < -0.4 is 9.91 Å². The minimum Gasteiger partial charge on any atom is -0.318 e. The summed E-state index contributed by atoms with van der Waals surface area (Å²) in [5.41, 5.74) is 5.62. The topological polar surface area (TPSA) is 18.8 Å². The fraction of sp³-hybridized carbons (Fsp3) is 0.0385. The van der Waals surface area contributed by atoms with Gasteiger partial charge in [0.15, 0.2) is 5.84 Å². The van der Waals surface area contributed by atoms with E-state index in [2.05, 4.69) is 95.9 Å². The Labute approximate surface area is 171 Å². The molecule has 140 valence electrons. The maximum atomic E-state index is 5.12. The number of benzene rings is 4. The third-order valence-electron chi connectivity index (χ3n) is 5.07. The van der Waals surface area contributed by atoms with E-state index in [0.29, 0.717) is 0 Å². The van der Waals surface area contributed by atoms with Gasteiger partial charge in [-0.2, -0.15) is 0 Å². The van der Waals surface area contributed by atoms with Crippen LogP contribution in [0.2, 0.25) is 0 Å². The molecule has 0 saturated carbocycles. The summed E-state index contributed by atoms with van der Waals surface area (Å²) >= 11 is 0. The molecule has 0 aromatic heterocycles. The molecule has 4 aromatic rings. The average Bonchev–Trinajstić information content (AvgIpc) is 2.81. The number of fused-ring (bicyclic) bond motifs is 1. The van der Waals surface area contributed by atoms with Crippen molar-refractivity contribution < 1.29 is 0 Å². The summed E-state index contributed by atoms with van der Waals surface area (Å²) in [5.74, 6) is 0.942. The van der Waals surface area contributed by atoms with E-state index in [-0.39, 0.29) is 0 Å². The van der Waals surface area contributed by atoms with Crippen molar-refractivity contribution >= 4 is 22.9 Å². The normalized spacial score (nSPS) is 13.0. The van der Waals surface area contributed by atoms with E-state index in [4.69, 9.17) is 5.10 Å². The second-order valence-electron chi connectivity index (χ2n) is 7.00. The first kappa shape index (κ1) is 17.3. The lowest BCUT2D eigenvalue weighted by molar-refractivity contribution is 0.941. The quantitative estimate of drug-likeness (QED) is 0.422. The Morgan fingerprint density at radius 3 is 1.79 bits per heavy atom. The minimum atomic E-state index is 0.758. The number of hydrogen-bond donors (Lipinski definition) is 0. The van der Waals surface area contributed by atoms with E-state index >= 15 is 0 Å². The Bertz CT molecular complexity index is 1120. The van der Waals surface area contributed by atoms with E-state index in [1.54, 1.807) is 0 Å². The Kier molecular flexibility index (Phi) is 4.55. The number of hydrazone groups is 1. The van der Waals surface area contributed by atoms with Crippen LogP contribution in [0.15, 0.2) is 120 Å². The van der Waals surface area contributed by atoms with Crippen molar-refractivity contribution in [2.45, 2.75) is 6.54 Å². The second kappa shape index (κ2) is 7.64. The number of nitrogens with zero attached hydrogens (tertiary/aromatic N) is 3. The minimum absolute atomic E-state index is 0.758. The van der Waals surface area contributed by atoms with E-state index < -0.39 is 0 Å². The zero-order valence-electron chi connectivity index (χ0n) is 16.0. The molecule has 0 aliphatic carbocycles. The molecule has 0 amide bonds. The number of para-hydroxylation sites is 3. The molecule has 0 unspecified atom stereocenters. The number of rotatable bonds is 4. The van der Waals surface area contributed by atoms with Crippen LogP contribution in [-0.2, 0) is 6.54 Å². The van der Waals surface area contributed by atoms with Crippen LogP contribution in [0.5, 0.6) is 0 Å². The largest absolute Gasteiger partial charge is 0.318 e. The molecule has 0 bridgehead atoms. The van der Waals surface area contributed by atoms with Gasteiger partial charge in [-0.3, -0.25) is 0 Å². The van der Waals surface area contributed by atoms with Gasteiger partial charge in [0.25, 0.3) is 0 Å². The van der Waals surface area contributed by atoms with Crippen molar-refractivity contribution in [1.29, 1.82) is 0 Å². The van der Waals surface area contributed by atoms with Gasteiger partial charge < -0.3 is 4.90 Å². The highest BCUT2D eigenvalue weighted by molar-refractivity contribution is 6.13. The van der Waals surface area contributed by atoms with Crippen molar-refractivity contribution in [1.82, 2.24) is 0 Å². The monoisotopic (exact) mass is 375 g/mol. The van der Waals surface area contributed by atoms with Crippen molar-refractivity contribution in [2.75, 3.05) is 9.91 Å². The molecule has 1 aliphatic rings. The molecule has 0 atom stereocenters. The summed E-state index contributed by atoms with van der Waals surface area (Å²) in [6.45, 7) is 0.758. The van der Waals surface area contributed by atoms with E-state index in [1.807, 2.05) is 29.3 Å². The van der Waals surface area contributed by atoms with Gasteiger partial charge in [-0.1, -0.05) is 91.0 Å². The number of anilines is 3. The van der Waals surface area contributed by atoms with Gasteiger partial charge >= 0.3 is 0 Å². The third kappa shape index (κ3) is 3.39. The highest BCUT2D eigenvalue weighted by Crippen LogP contribution is 2.39. The molecule has 0 saturated heterocycles. The maximum absolute atomic E-state index is 5.12. The molecule has 0 radical (unpaired) electrons. The lowest BCUT2D eigenvalue weighted by atomic mass is 10.1. The van der Waals surface area contributed by atoms with Crippen molar-refractivity contribution in [2.24, 2.45) is 5.10 Å². The van der Waals surface area contributed by atoms with Crippen molar-refractivity contribution in [3.8, 4) is 0 Å². The van der Waals surface area contributed by atoms with E-state index in [0.717, 1.165) is 35.0 Å². The second-order valence-corrected chi connectivity index (χ2v) is 7.00. The van der Waals surface area contributed by atoms with Gasteiger partial charge in [-0.05, 0) is 29.8 Å². The van der Waals surface area contributed by atoms with Crippen LogP contribution in [0.4, 0.5) is 17.1 Å². The highest BCUT2D eigenvalue weighted by Gasteiger charge is 2.27. The Hall–Kier alpha value is -3.85. The first-order chi connectivity index (χ1) is 14.4. The molecule has 1 aliphatic heterocycles. The SMILES string of the molecule is c1ccc(CN2C(c3ccccc3)=NN(c3ccccc3)c3ccccc32)cc1. The summed E-state index contributed by atoms with van der Waals surface area (Å²) in [7, 11) is 0. The lowest BCUT2D eigenvalue weighted by Gasteiger charge is -2.36. The van der Waals surface area contributed by atoms with E-state index in [1.165, 1.54) is 5.56 Å². The predicted octanol–water partition coefficient (Wildman–Crippen LogP) is 6.21. The Morgan fingerprint density at radius 1 is 0.552 bits per heavy atom. The van der Waals surface area contributed by atoms with Gasteiger partial charge in [-0.15, -0.1) is 5.10 Å². The average molecular weight is 375 g/mol. The molecular formula is C26H21N3. The Morgan fingerprint density at radius 2 is 1.10 bits per heavy atom. The molecule has 4 aromatic carbocycles. The van der Waals surface area contributed by atoms with Crippen LogP contribution in [-0.4, -0.2) is 5.84 Å². The zero-order chi connectivity index (χ0) is 19.5.